The van der Waals surface area contributed by atoms with Crippen LogP contribution in [0.3, 0.4) is 0 Å². The van der Waals surface area contributed by atoms with Crippen LogP contribution < -0.4 is 5.32 Å². The number of hydrogen-bond acceptors (Lipinski definition) is 10. The van der Waals surface area contributed by atoms with Crippen LogP contribution in [-0.4, -0.2) is 74.4 Å². The number of aliphatic imine (C=N–C) groups is 1. The summed E-state index contributed by atoms with van der Waals surface area (Å²) >= 11 is 0. The summed E-state index contributed by atoms with van der Waals surface area (Å²) in [6.45, 7) is 14.6. The molecule has 3 aromatic carbocycles. The van der Waals surface area contributed by atoms with E-state index in [0.29, 0.717) is 79.5 Å². The molecule has 1 atom stereocenters. The number of likely N-dealkylation sites (tertiary alicyclic amines) is 2. The monoisotopic (exact) mass is 723 g/mol. The van der Waals surface area contributed by atoms with Crippen LogP contribution in [-0.2, 0) is 17.9 Å². The molecule has 54 heavy (non-hydrogen) atoms. The van der Waals surface area contributed by atoms with Gasteiger partial charge < -0.3 is 19.9 Å². The number of piperidine rings is 1. The molecule has 7 rings (SSSR count). The number of rotatable bonds is 11. The van der Waals surface area contributed by atoms with Gasteiger partial charge in [-0.05, 0) is 117 Å². The quantitative estimate of drug-likeness (QED) is 0.116. The molecule has 276 valence electrons. The molecule has 0 bridgehead atoms. The van der Waals surface area contributed by atoms with E-state index in [1.807, 2.05) is 55.6 Å². The van der Waals surface area contributed by atoms with Gasteiger partial charge in [-0.3, -0.25) is 24.6 Å². The molecule has 3 N–H and O–H groups in total. The molecule has 2 aromatic heterocycles. The highest BCUT2D eigenvalue weighted by molar-refractivity contribution is 5.87. The molecule has 0 radical (unpaired) electrons. The lowest BCUT2D eigenvalue weighted by atomic mass is 9.92. The van der Waals surface area contributed by atoms with Crippen LogP contribution in [0, 0.1) is 31.1 Å². The smallest absolute Gasteiger partial charge is 0.306 e. The van der Waals surface area contributed by atoms with Gasteiger partial charge in [0.25, 0.3) is 0 Å². The van der Waals surface area contributed by atoms with E-state index in [0.717, 1.165) is 63.3 Å². The number of β-amino-alcohol motifs (C(OH)–C–C–N with tert-alkyl or cyclic N) is 1. The lowest BCUT2D eigenvalue weighted by molar-refractivity contribution is -0.143. The molecule has 2 saturated heterocycles. The maximum absolute atomic E-state index is 11.4. The average molecular weight is 724 g/mol. The Balaban J connectivity index is 1.13. The number of fused-ring (bicyclic) bond motifs is 1. The standard InChI is InChI=1S/C43H45N7O4/c1-5-45-38-20-30(24-50-17-14-33(51)25-50)22-46-40(38)28(4)47-37-11-7-9-35(27(37)3)34-8-6-10-36(26(34)2)42-48-39-19-29(18-32(21-44)41(39)54-42)23-49-15-12-31(13-16-49)43(52)53/h5-11,18-20,22,31,33,47,51H,4,12-17,23-25H2,1-3H3,(H,52,53)/t33-/m1/s1. The van der Waals surface area contributed by atoms with E-state index in [9.17, 15) is 20.3 Å². The van der Waals surface area contributed by atoms with Crippen LogP contribution in [0.5, 0.6) is 0 Å². The van der Waals surface area contributed by atoms with Gasteiger partial charge in [0.15, 0.2) is 5.58 Å². The van der Waals surface area contributed by atoms with E-state index in [1.54, 1.807) is 6.21 Å². The van der Waals surface area contributed by atoms with Crippen molar-refractivity contribution in [2.24, 2.45) is 10.9 Å². The molecule has 0 amide bonds. The second kappa shape index (κ2) is 15.7. The Morgan fingerprint density at radius 1 is 1.02 bits per heavy atom. The number of hydrogen-bond donors (Lipinski definition) is 3. The number of carboxylic acids is 1. The Morgan fingerprint density at radius 3 is 2.43 bits per heavy atom. The minimum atomic E-state index is -0.731. The van der Waals surface area contributed by atoms with Crippen LogP contribution in [0.1, 0.15) is 59.7 Å². The van der Waals surface area contributed by atoms with Gasteiger partial charge in [-0.1, -0.05) is 30.8 Å². The Bertz CT molecular complexity index is 2300. The second-order valence-electron chi connectivity index (χ2n) is 14.3. The zero-order chi connectivity index (χ0) is 37.9. The minimum Gasteiger partial charge on any atom is -0.481 e. The zero-order valence-electron chi connectivity index (χ0n) is 31.0. The molecule has 0 aliphatic carbocycles. The molecule has 11 heteroatoms. The van der Waals surface area contributed by atoms with E-state index in [4.69, 9.17) is 14.4 Å². The van der Waals surface area contributed by atoms with Gasteiger partial charge in [0.1, 0.15) is 17.3 Å². The van der Waals surface area contributed by atoms with Crippen molar-refractivity contribution in [2.75, 3.05) is 31.5 Å². The van der Waals surface area contributed by atoms with Crippen molar-refractivity contribution in [3.63, 3.8) is 0 Å². The highest BCUT2D eigenvalue weighted by atomic mass is 16.4. The molecule has 0 unspecified atom stereocenters. The van der Waals surface area contributed by atoms with Gasteiger partial charge >= 0.3 is 5.97 Å². The Labute approximate surface area is 315 Å². The molecule has 2 fully saturated rings. The lowest BCUT2D eigenvalue weighted by Gasteiger charge is -2.30. The van der Waals surface area contributed by atoms with Crippen molar-refractivity contribution in [1.29, 1.82) is 5.26 Å². The first-order valence-electron chi connectivity index (χ1n) is 18.4. The predicted molar refractivity (Wildman–Crippen MR) is 211 cm³/mol. The highest BCUT2D eigenvalue weighted by Gasteiger charge is 2.25. The molecular formula is C43H45N7O4. The number of aromatic nitrogens is 2. The third-order valence-corrected chi connectivity index (χ3v) is 10.6. The number of nitrogens with one attached hydrogen (secondary N) is 1. The van der Waals surface area contributed by atoms with E-state index >= 15 is 0 Å². The van der Waals surface area contributed by atoms with Crippen molar-refractivity contribution < 1.29 is 19.4 Å². The maximum Gasteiger partial charge on any atom is 0.306 e. The van der Waals surface area contributed by atoms with Crippen LogP contribution >= 0.6 is 0 Å². The molecule has 0 saturated carbocycles. The van der Waals surface area contributed by atoms with Crippen molar-refractivity contribution in [3.05, 3.63) is 101 Å². The summed E-state index contributed by atoms with van der Waals surface area (Å²) < 4.78 is 6.30. The van der Waals surface area contributed by atoms with Gasteiger partial charge in [-0.2, -0.15) is 5.26 Å². The van der Waals surface area contributed by atoms with Crippen molar-refractivity contribution in [1.82, 2.24) is 19.8 Å². The summed E-state index contributed by atoms with van der Waals surface area (Å²) in [5, 5.41) is 32.9. The Hall–Kier alpha value is -5.67. The third kappa shape index (κ3) is 7.68. The molecule has 0 spiro atoms. The summed E-state index contributed by atoms with van der Waals surface area (Å²) in [6.07, 6.45) is 5.36. The third-order valence-electron chi connectivity index (χ3n) is 10.6. The summed E-state index contributed by atoms with van der Waals surface area (Å²) in [6, 6.07) is 20.3. The van der Waals surface area contributed by atoms with E-state index in [-0.39, 0.29) is 12.0 Å². The molecule has 4 heterocycles. The zero-order valence-corrected chi connectivity index (χ0v) is 31.0. The van der Waals surface area contributed by atoms with E-state index in [1.165, 1.54) is 0 Å². The van der Waals surface area contributed by atoms with Crippen molar-refractivity contribution in [3.8, 4) is 28.7 Å². The van der Waals surface area contributed by atoms with Crippen LogP contribution in [0.25, 0.3) is 39.4 Å². The van der Waals surface area contributed by atoms with Crippen LogP contribution in [0.15, 0.2) is 76.8 Å². The van der Waals surface area contributed by atoms with Crippen molar-refractivity contribution in [2.45, 2.75) is 59.2 Å². The van der Waals surface area contributed by atoms with Crippen LogP contribution in [0.4, 0.5) is 11.4 Å². The summed E-state index contributed by atoms with van der Waals surface area (Å²) in [5.74, 6) is -0.583. The first-order chi connectivity index (χ1) is 26.1. The average Bonchev–Trinajstić information content (AvgIpc) is 3.78. The molecule has 5 aromatic rings. The number of aliphatic hydroxyl groups is 1. The summed E-state index contributed by atoms with van der Waals surface area (Å²) in [7, 11) is 0. The van der Waals surface area contributed by atoms with E-state index in [2.05, 4.69) is 58.7 Å². The largest absolute Gasteiger partial charge is 0.481 e. The number of carbonyl (C=O) groups is 1. The number of benzene rings is 3. The number of nitrogens with zero attached hydrogens (tertiary/aromatic N) is 6. The molecule has 2 aliphatic heterocycles. The highest BCUT2D eigenvalue weighted by Crippen LogP contribution is 2.38. The van der Waals surface area contributed by atoms with Gasteiger partial charge in [0.2, 0.25) is 5.89 Å². The number of nitriles is 1. The maximum atomic E-state index is 11.4. The van der Waals surface area contributed by atoms with Gasteiger partial charge in [-0.25, -0.2) is 4.98 Å². The number of aliphatic hydroxyl groups excluding tert-OH is 1. The first kappa shape index (κ1) is 36.7. The Morgan fingerprint density at radius 2 is 1.72 bits per heavy atom. The predicted octanol–water partition coefficient (Wildman–Crippen LogP) is 7.71. The van der Waals surface area contributed by atoms with Crippen molar-refractivity contribution >= 4 is 40.4 Å². The van der Waals surface area contributed by atoms with Gasteiger partial charge in [0.05, 0.1) is 29.0 Å². The fourth-order valence-electron chi connectivity index (χ4n) is 7.69. The Kier molecular flexibility index (Phi) is 10.7. The fraction of sp³-hybridized carbons (Fsp3) is 0.326. The van der Waals surface area contributed by atoms with Gasteiger partial charge in [-0.15, -0.1) is 0 Å². The normalized spacial score (nSPS) is 17.0. The molecule has 2 aliphatic rings. The molecule has 11 nitrogen and oxygen atoms in total. The SMILES string of the molecule is C=C(Nc1cccc(-c2cccc(-c3nc4cc(CN5CCC(C(=O)O)CC5)cc(C#N)c4o3)c2C)c1C)c1ncc(CN2CC[C@@H](O)C2)cc1N=CC. The van der Waals surface area contributed by atoms with Gasteiger partial charge in [0, 0.05) is 49.8 Å². The van der Waals surface area contributed by atoms with E-state index < -0.39 is 5.97 Å². The topological polar surface area (TPSA) is 151 Å². The summed E-state index contributed by atoms with van der Waals surface area (Å²) in [4.78, 5) is 30.1. The van der Waals surface area contributed by atoms with Crippen LogP contribution in [0.2, 0.25) is 0 Å². The number of aliphatic carboxylic acids is 1. The fourth-order valence-corrected chi connectivity index (χ4v) is 7.69. The number of anilines is 1. The number of pyridine rings is 1. The second-order valence-corrected chi connectivity index (χ2v) is 14.3. The summed E-state index contributed by atoms with van der Waals surface area (Å²) in [5.41, 5.74) is 11.3. The number of carboxylic acid groups (broad SMARTS) is 1. The molecular weight excluding hydrogens is 679 g/mol. The minimum absolute atomic E-state index is 0.276. The first-order valence-corrected chi connectivity index (χ1v) is 18.4. The lowest BCUT2D eigenvalue weighted by Crippen LogP contribution is -2.35. The number of oxazole rings is 1.